The molecule has 0 unspecified atom stereocenters. The molecular weight excluding hydrogens is 1360 g/mol. The Kier molecular flexibility index (Phi) is 35.0. The molecule has 0 aliphatic carbocycles. The SMILES string of the molecule is C.Nc1c(N=Nc2cc(Nc3nc(Cl)nc(Nc4ccc(S(=O)(=O)CCOS(=O)(=O)[O-])cc4)n3)ccc2S(=O)(=O)[O-])cc(S(=O)(=O)[O-])c(N)c1N=Nc1cc(Nc2nc(Cl)nc(Nc3ccc(SOO[O-])cc3)n2)ccc1SOO[O-].[Na+].[Na+].[Na+].[Na+].[Na+]. The molecule has 7 aromatic rings. The van der Waals surface area contributed by atoms with Crippen molar-refractivity contribution in [2.45, 2.75) is 31.9 Å². The number of azo groups is 2. The van der Waals surface area contributed by atoms with Crippen molar-refractivity contribution >= 4 is 168 Å². The summed E-state index contributed by atoms with van der Waals surface area (Å²) in [6.07, 6.45) is 0. The van der Waals surface area contributed by atoms with Gasteiger partial charge in [-0.3, -0.25) is 14.3 Å². The van der Waals surface area contributed by atoms with E-state index in [-0.39, 0.29) is 217 Å². The van der Waals surface area contributed by atoms with Gasteiger partial charge < -0.3 is 56.9 Å². The van der Waals surface area contributed by atoms with Gasteiger partial charge in [-0.15, -0.1) is 20.5 Å². The average molecular weight is 1390 g/mol. The van der Waals surface area contributed by atoms with E-state index in [0.717, 1.165) is 30.3 Å². The van der Waals surface area contributed by atoms with Crippen molar-refractivity contribution in [1.82, 2.24) is 29.9 Å². The number of rotatable bonds is 25. The van der Waals surface area contributed by atoms with Gasteiger partial charge in [-0.1, -0.05) is 7.43 Å². The largest absolute Gasteiger partial charge is 1.00 e. The van der Waals surface area contributed by atoms with E-state index >= 15 is 0 Å². The molecule has 8 N–H and O–H groups in total. The molecule has 430 valence electrons. The summed E-state index contributed by atoms with van der Waals surface area (Å²) in [4.78, 5) is 22.5. The van der Waals surface area contributed by atoms with Gasteiger partial charge >= 0.3 is 148 Å². The number of nitrogens with one attached hydrogen (secondary N) is 4. The van der Waals surface area contributed by atoms with Crippen LogP contribution in [0.2, 0.25) is 10.6 Å². The zero-order valence-corrected chi connectivity index (χ0v) is 60.2. The second kappa shape index (κ2) is 36.7. The Bertz CT molecular complexity index is 4010. The Morgan fingerprint density at radius 3 is 1.43 bits per heavy atom. The Balaban J connectivity index is 0.00000616. The summed E-state index contributed by atoms with van der Waals surface area (Å²) in [5, 5.41) is 54.0. The predicted molar refractivity (Wildman–Crippen MR) is 279 cm³/mol. The third-order valence-corrected chi connectivity index (χ3v) is 15.0. The Morgan fingerprint density at radius 2 is 0.942 bits per heavy atom. The van der Waals surface area contributed by atoms with Crippen molar-refractivity contribution < 1.29 is 229 Å². The van der Waals surface area contributed by atoms with E-state index in [9.17, 15) is 57.8 Å². The number of benzene rings is 5. The predicted octanol–water partition coefficient (Wildman–Crippen LogP) is -9.49. The zero-order chi connectivity index (χ0) is 58.0. The van der Waals surface area contributed by atoms with E-state index in [2.05, 4.69) is 94.6 Å². The second-order valence-electron chi connectivity index (χ2n) is 14.8. The van der Waals surface area contributed by atoms with Crippen molar-refractivity contribution in [3.63, 3.8) is 0 Å². The number of nitrogen functional groups attached to an aromatic ring is 2. The summed E-state index contributed by atoms with van der Waals surface area (Å²) in [6.45, 7) is -0.918. The van der Waals surface area contributed by atoms with Gasteiger partial charge in [0.15, 0.2) is 9.84 Å². The third-order valence-electron chi connectivity index (χ3n) is 9.50. The van der Waals surface area contributed by atoms with Crippen LogP contribution in [0.1, 0.15) is 7.43 Å². The molecule has 86 heavy (non-hydrogen) atoms. The van der Waals surface area contributed by atoms with E-state index in [1.54, 1.807) is 24.3 Å². The van der Waals surface area contributed by atoms with Gasteiger partial charge in [0.25, 0.3) is 0 Å². The van der Waals surface area contributed by atoms with Crippen LogP contribution in [0, 0.1) is 0 Å². The summed E-state index contributed by atoms with van der Waals surface area (Å²) in [5.74, 6) is -1.53. The Hall–Kier alpha value is -2.20. The van der Waals surface area contributed by atoms with Crippen molar-refractivity contribution in [2.24, 2.45) is 20.5 Å². The minimum Gasteiger partial charge on any atom is -0.744 e. The molecule has 2 heterocycles. The second-order valence-corrected chi connectivity index (χ2v) is 22.8. The summed E-state index contributed by atoms with van der Waals surface area (Å²) < 4.78 is 145. The Labute approximate surface area is 617 Å². The quantitative estimate of drug-likeness (QED) is 0.00452. The molecule has 0 bridgehead atoms. The molecule has 0 aliphatic heterocycles. The smallest absolute Gasteiger partial charge is 0.744 e. The topological polar surface area (TPSA) is 525 Å². The van der Waals surface area contributed by atoms with E-state index in [1.807, 2.05) is 0 Å². The van der Waals surface area contributed by atoms with Crippen molar-refractivity contribution in [1.29, 1.82) is 0 Å². The molecular formula is C39H31Cl2N16Na5O18S6. The minimum absolute atomic E-state index is 0. The molecule has 7 rings (SSSR count). The molecule has 0 atom stereocenters. The number of halogens is 2. The normalized spacial score (nSPS) is 11.4. The fourth-order valence-electron chi connectivity index (χ4n) is 6.15. The maximum absolute atomic E-state index is 12.6. The van der Waals surface area contributed by atoms with Crippen LogP contribution in [0.3, 0.4) is 0 Å². The van der Waals surface area contributed by atoms with Gasteiger partial charge in [0.1, 0.15) is 43.0 Å². The summed E-state index contributed by atoms with van der Waals surface area (Å²) in [5.41, 5.74) is 9.48. The van der Waals surface area contributed by atoms with Crippen LogP contribution in [-0.2, 0) is 63.4 Å². The number of hydrogen-bond acceptors (Lipinski definition) is 36. The van der Waals surface area contributed by atoms with Gasteiger partial charge in [0.2, 0.25) is 44.8 Å². The van der Waals surface area contributed by atoms with Crippen molar-refractivity contribution in [3.05, 3.63) is 102 Å². The Morgan fingerprint density at radius 1 is 0.512 bits per heavy atom. The molecule has 47 heteroatoms. The monoisotopic (exact) mass is 1390 g/mol. The number of nitrogens with two attached hydrogens (primary N) is 2. The van der Waals surface area contributed by atoms with E-state index in [0.29, 0.717) is 40.7 Å². The van der Waals surface area contributed by atoms with E-state index in [4.69, 9.17) is 34.7 Å². The molecule has 0 radical (unpaired) electrons. The number of aromatic nitrogens is 6. The van der Waals surface area contributed by atoms with Crippen molar-refractivity contribution in [2.75, 3.05) is 45.1 Å². The molecule has 0 saturated heterocycles. The first-order valence-electron chi connectivity index (χ1n) is 20.7. The van der Waals surface area contributed by atoms with Gasteiger partial charge in [-0.2, -0.15) is 38.6 Å². The molecule has 34 nitrogen and oxygen atoms in total. The zero-order valence-electron chi connectivity index (χ0n) is 43.8. The van der Waals surface area contributed by atoms with E-state index in [1.165, 1.54) is 30.3 Å². The molecule has 2 aromatic heterocycles. The minimum atomic E-state index is -5.49. The van der Waals surface area contributed by atoms with Crippen LogP contribution in [-0.4, -0.2) is 89.6 Å². The molecule has 0 amide bonds. The first-order chi connectivity index (χ1) is 37.8. The maximum atomic E-state index is 12.6. The average Bonchev–Trinajstić information content (AvgIpc) is 3.56. The summed E-state index contributed by atoms with van der Waals surface area (Å²) in [7, 11) is -20.1. The van der Waals surface area contributed by atoms with E-state index < -0.39 is 96.3 Å². The van der Waals surface area contributed by atoms with Gasteiger partial charge in [-0.05, 0) is 114 Å². The van der Waals surface area contributed by atoms with Crippen LogP contribution >= 0.6 is 47.3 Å². The number of hydrogen-bond donors (Lipinski definition) is 6. The first kappa shape index (κ1) is 81.8. The first-order valence-corrected chi connectivity index (χ1v) is 28.8. The van der Waals surface area contributed by atoms with Gasteiger partial charge in [0, 0.05) is 27.6 Å². The number of nitrogens with zero attached hydrogens (tertiary/aromatic N) is 10. The van der Waals surface area contributed by atoms with Crippen LogP contribution < -0.4 is 191 Å². The fourth-order valence-corrected chi connectivity index (χ4v) is 9.93. The number of anilines is 10. The van der Waals surface area contributed by atoms with Gasteiger partial charge in [-0.25, -0.2) is 33.7 Å². The van der Waals surface area contributed by atoms with Crippen LogP contribution in [0.4, 0.5) is 80.7 Å². The maximum Gasteiger partial charge on any atom is 1.00 e. The van der Waals surface area contributed by atoms with Gasteiger partial charge in [0.05, 0.1) is 67.4 Å². The van der Waals surface area contributed by atoms with Crippen molar-refractivity contribution in [3.8, 4) is 0 Å². The van der Waals surface area contributed by atoms with Crippen LogP contribution in [0.5, 0.6) is 0 Å². The number of sulfone groups is 1. The summed E-state index contributed by atoms with van der Waals surface area (Å²) in [6, 6.07) is 18.7. The molecule has 0 saturated carbocycles. The van der Waals surface area contributed by atoms with Crippen LogP contribution in [0.15, 0.2) is 136 Å². The molecule has 0 fully saturated rings. The fraction of sp³-hybridized carbons (Fsp3) is 0.0769. The standard InChI is InChI=1S/C38H32Cl2N16O18S6.CH4.5Na/c39-33-47-35(43-18-1-7-22(8-2-18)75-73-71-57)51-37(49-33)45-20-5-11-27(76-74-72-58)24(15-20)53-56-32-30(41)26(17-29(31(32)42)79(64,65)66)55-54-25-16-21(6-12-28(25)78(61,62)63)46-38-50-34(40)48-36(52-38)44-19-3-9-23(10-4-19)77(59,60)14-13-70-80(67,68)69;;;;;;/h1-12,15-17,57-58H,13-14,41-42H2,(H,61,62,63)(H,64,65,66)(H,67,68,69)(H2,43,45,47,49,51)(H2,44,46,48,50,52);1H4;;;;;/q;;5*+1/p-5. The van der Waals surface area contributed by atoms with Crippen LogP contribution in [0.25, 0.3) is 0 Å². The third kappa shape index (κ3) is 24.4. The molecule has 5 aromatic carbocycles. The summed E-state index contributed by atoms with van der Waals surface area (Å²) >= 11 is 13.3. The molecule has 0 spiro atoms. The molecule has 0 aliphatic rings.